The molecule has 0 spiro atoms. The molecule has 0 N–H and O–H groups in total. The van der Waals surface area contributed by atoms with Crippen molar-refractivity contribution in [2.24, 2.45) is 17.8 Å². The Bertz CT molecular complexity index is 593. The monoisotopic (exact) mass is 390 g/mol. The highest BCUT2D eigenvalue weighted by Crippen LogP contribution is 2.38. The van der Waals surface area contributed by atoms with E-state index in [1.54, 1.807) is 0 Å². The van der Waals surface area contributed by atoms with Crippen molar-refractivity contribution in [3.63, 3.8) is 0 Å². The Morgan fingerprint density at radius 2 is 1.57 bits per heavy atom. The van der Waals surface area contributed by atoms with Crippen molar-refractivity contribution in [3.05, 3.63) is 48.0 Å². The van der Waals surface area contributed by atoms with E-state index < -0.39 is 6.11 Å². The molecular weight excluding hydrogens is 354 g/mol. The Labute approximate surface area is 169 Å². The maximum atomic E-state index is 14.3. The van der Waals surface area contributed by atoms with Gasteiger partial charge in [-0.3, -0.25) is 0 Å². The average molecular weight is 391 g/mol. The molecule has 0 heterocycles. The first-order valence-electron chi connectivity index (χ1n) is 11.2. The first kappa shape index (κ1) is 21.5. The van der Waals surface area contributed by atoms with E-state index in [0.717, 1.165) is 37.2 Å². The molecule has 2 saturated carbocycles. The molecule has 1 nitrogen and oxygen atoms in total. The van der Waals surface area contributed by atoms with E-state index in [-0.39, 0.29) is 18.9 Å². The lowest BCUT2D eigenvalue weighted by Gasteiger charge is -2.29. The fraction of sp³-hybridized carbons (Fsp3) is 0.680. The molecule has 3 heteroatoms. The second kappa shape index (κ2) is 10.0. The van der Waals surface area contributed by atoms with Crippen LogP contribution in [0.25, 0.3) is 0 Å². The van der Waals surface area contributed by atoms with Crippen molar-refractivity contribution < 1.29 is 13.5 Å². The second-order valence-electron chi connectivity index (χ2n) is 9.01. The number of ether oxygens (including phenoxy) is 1. The van der Waals surface area contributed by atoms with Gasteiger partial charge in [0.2, 0.25) is 0 Å². The molecular formula is C25H36F2O. The van der Waals surface area contributed by atoms with Gasteiger partial charge in [0.25, 0.3) is 0 Å². The summed E-state index contributed by atoms with van der Waals surface area (Å²) in [5.74, 6) is 2.08. The zero-order valence-electron chi connectivity index (χ0n) is 17.3. The fourth-order valence-corrected chi connectivity index (χ4v) is 5.00. The van der Waals surface area contributed by atoms with Crippen molar-refractivity contribution >= 4 is 0 Å². The number of rotatable bonds is 8. The molecule has 1 aromatic rings. The molecule has 156 valence electrons. The summed E-state index contributed by atoms with van der Waals surface area (Å²) in [4.78, 5) is 0. The molecule has 0 bridgehead atoms. The van der Waals surface area contributed by atoms with Crippen LogP contribution >= 0.6 is 0 Å². The first-order valence-corrected chi connectivity index (χ1v) is 11.2. The van der Waals surface area contributed by atoms with Gasteiger partial charge in [0, 0.05) is 6.42 Å². The van der Waals surface area contributed by atoms with Crippen molar-refractivity contribution in [2.45, 2.75) is 89.8 Å². The Kier molecular flexibility index (Phi) is 7.68. The van der Waals surface area contributed by atoms with Crippen LogP contribution < -0.4 is 0 Å². The Hall–Kier alpha value is -1.22. The zero-order chi connectivity index (χ0) is 20.0. The predicted octanol–water partition coefficient (Wildman–Crippen LogP) is 7.86. The molecule has 0 aliphatic heterocycles. The van der Waals surface area contributed by atoms with Crippen LogP contribution in [0.2, 0.25) is 0 Å². The van der Waals surface area contributed by atoms with Crippen LogP contribution in [0.5, 0.6) is 0 Å². The first-order chi connectivity index (χ1) is 13.5. The minimum Gasteiger partial charge on any atom is -0.316 e. The summed E-state index contributed by atoms with van der Waals surface area (Å²) >= 11 is 0. The highest BCUT2D eigenvalue weighted by molar-refractivity contribution is 5.25. The lowest BCUT2D eigenvalue weighted by molar-refractivity contribution is -0.256. The van der Waals surface area contributed by atoms with E-state index in [0.29, 0.717) is 11.8 Å². The van der Waals surface area contributed by atoms with Crippen LogP contribution in [0.1, 0.15) is 88.2 Å². The number of alkyl halides is 2. The maximum absolute atomic E-state index is 14.3. The summed E-state index contributed by atoms with van der Waals surface area (Å²) < 4.78 is 33.6. The topological polar surface area (TPSA) is 9.23 Å². The molecule has 2 aliphatic carbocycles. The van der Waals surface area contributed by atoms with Gasteiger partial charge in [0.05, 0.1) is 6.61 Å². The predicted molar refractivity (Wildman–Crippen MR) is 111 cm³/mol. The van der Waals surface area contributed by atoms with E-state index in [4.69, 9.17) is 4.74 Å². The quantitative estimate of drug-likeness (QED) is 0.410. The number of benzene rings is 1. The fourth-order valence-electron chi connectivity index (χ4n) is 5.00. The summed E-state index contributed by atoms with van der Waals surface area (Å²) in [5, 5.41) is 0. The van der Waals surface area contributed by atoms with Gasteiger partial charge in [-0.15, -0.1) is 6.58 Å². The summed E-state index contributed by atoms with van der Waals surface area (Å²) in [6, 6.07) is 8.16. The largest absolute Gasteiger partial charge is 0.356 e. The van der Waals surface area contributed by atoms with Gasteiger partial charge in [0.15, 0.2) is 0 Å². The number of halogens is 2. The van der Waals surface area contributed by atoms with Crippen LogP contribution in [-0.4, -0.2) is 6.11 Å². The number of hydrogen-bond donors (Lipinski definition) is 0. The van der Waals surface area contributed by atoms with Gasteiger partial charge in [-0.25, -0.2) is 0 Å². The minimum atomic E-state index is -3.04. The summed E-state index contributed by atoms with van der Waals surface area (Å²) in [5.41, 5.74) is 2.19. The van der Waals surface area contributed by atoms with Crippen molar-refractivity contribution in [3.8, 4) is 0 Å². The third-order valence-electron chi connectivity index (χ3n) is 7.08. The third kappa shape index (κ3) is 6.14. The maximum Gasteiger partial charge on any atom is 0.356 e. The Morgan fingerprint density at radius 1 is 0.964 bits per heavy atom. The molecule has 2 fully saturated rings. The van der Waals surface area contributed by atoms with Gasteiger partial charge < -0.3 is 4.74 Å². The van der Waals surface area contributed by atoms with Gasteiger partial charge in [-0.05, 0) is 86.2 Å². The molecule has 1 aromatic carbocycles. The second-order valence-corrected chi connectivity index (χ2v) is 9.01. The smallest absolute Gasteiger partial charge is 0.316 e. The molecule has 0 unspecified atom stereocenters. The van der Waals surface area contributed by atoms with Crippen molar-refractivity contribution in [1.82, 2.24) is 0 Å². The molecule has 28 heavy (non-hydrogen) atoms. The van der Waals surface area contributed by atoms with Crippen LogP contribution in [0.3, 0.4) is 0 Å². The third-order valence-corrected chi connectivity index (χ3v) is 7.08. The average Bonchev–Trinajstić information content (AvgIpc) is 2.73. The molecule has 0 saturated heterocycles. The van der Waals surface area contributed by atoms with Gasteiger partial charge >= 0.3 is 6.11 Å². The van der Waals surface area contributed by atoms with E-state index in [2.05, 4.69) is 25.6 Å². The molecule has 0 amide bonds. The highest BCUT2D eigenvalue weighted by atomic mass is 19.3. The lowest BCUT2D eigenvalue weighted by Crippen LogP contribution is -2.26. The van der Waals surface area contributed by atoms with Gasteiger partial charge in [-0.2, -0.15) is 8.78 Å². The standard InChI is InChI=1S/C25H36F2O/c1-3-19-5-7-21(8-6-19)17-25(26,27)28-18-22-11-15-24(16-12-22)23-13-9-20(4-2)10-14-23/h3,11-12,15-16,19-21,23H,1,4-10,13-14,17-18H2,2H3/t19-,20-,21-,23-. The normalized spacial score (nSPS) is 28.8. The highest BCUT2D eigenvalue weighted by Gasteiger charge is 2.35. The Morgan fingerprint density at radius 3 is 2.14 bits per heavy atom. The lowest BCUT2D eigenvalue weighted by atomic mass is 9.78. The van der Waals surface area contributed by atoms with E-state index in [1.807, 2.05) is 18.2 Å². The van der Waals surface area contributed by atoms with Crippen molar-refractivity contribution in [1.29, 1.82) is 0 Å². The zero-order valence-corrected chi connectivity index (χ0v) is 17.3. The van der Waals surface area contributed by atoms with E-state index in [9.17, 15) is 8.78 Å². The summed E-state index contributed by atoms with van der Waals surface area (Å²) in [6.07, 6.45) is 8.84. The van der Waals surface area contributed by atoms with Crippen molar-refractivity contribution in [2.75, 3.05) is 0 Å². The molecule has 2 aliphatic rings. The van der Waals surface area contributed by atoms with Crippen LogP contribution in [0, 0.1) is 17.8 Å². The SMILES string of the molecule is C=C[C@H]1CC[C@H](CC(F)(F)OCc2ccc([C@H]3CC[C@H](CC)CC3)cc2)CC1. The van der Waals surface area contributed by atoms with Crippen LogP contribution in [0.15, 0.2) is 36.9 Å². The van der Waals surface area contributed by atoms with Crippen LogP contribution in [0.4, 0.5) is 8.78 Å². The number of hydrogen-bond acceptors (Lipinski definition) is 1. The van der Waals surface area contributed by atoms with Gasteiger partial charge in [-0.1, -0.05) is 43.7 Å². The van der Waals surface area contributed by atoms with E-state index >= 15 is 0 Å². The molecule has 0 atom stereocenters. The van der Waals surface area contributed by atoms with E-state index in [1.165, 1.54) is 37.7 Å². The van der Waals surface area contributed by atoms with Gasteiger partial charge in [0.1, 0.15) is 0 Å². The summed E-state index contributed by atoms with van der Waals surface area (Å²) in [7, 11) is 0. The molecule has 3 rings (SSSR count). The Balaban J connectivity index is 1.44. The number of allylic oxidation sites excluding steroid dienone is 1. The molecule has 0 aromatic heterocycles. The summed E-state index contributed by atoms with van der Waals surface area (Å²) in [6.45, 7) is 6.08. The van der Waals surface area contributed by atoms with Crippen LogP contribution in [-0.2, 0) is 11.3 Å². The molecule has 0 radical (unpaired) electrons. The minimum absolute atomic E-state index is 0.0160.